The lowest BCUT2D eigenvalue weighted by Gasteiger charge is -2.14. The van der Waals surface area contributed by atoms with Gasteiger partial charge >= 0.3 is 0 Å². The van der Waals surface area contributed by atoms with Crippen molar-refractivity contribution in [2.45, 2.75) is 9.79 Å². The molecule has 0 aromatic heterocycles. The number of hydrogen-bond acceptors (Lipinski definition) is 4. The molecular formula is C12H2Cl8O2S2. The minimum atomic E-state index is -0.412. The highest BCUT2D eigenvalue weighted by Gasteiger charge is 2.24. The Labute approximate surface area is 184 Å². The normalized spacial score (nSPS) is 11.2. The summed E-state index contributed by atoms with van der Waals surface area (Å²) in [6, 6.07) is 0. The van der Waals surface area contributed by atoms with E-state index in [1.165, 1.54) is 0 Å². The zero-order valence-corrected chi connectivity index (χ0v) is 18.4. The van der Waals surface area contributed by atoms with Gasteiger partial charge in [-0.15, -0.1) is 0 Å². The van der Waals surface area contributed by atoms with Crippen molar-refractivity contribution in [3.63, 3.8) is 0 Å². The van der Waals surface area contributed by atoms with E-state index in [1.54, 1.807) is 0 Å². The highest BCUT2D eigenvalue weighted by Crippen LogP contribution is 2.57. The average Bonchev–Trinajstić information content (AvgIpc) is 2.57. The maximum Gasteiger partial charge on any atom is 0.155 e. The molecule has 0 bridgehead atoms. The van der Waals surface area contributed by atoms with Gasteiger partial charge in [0.2, 0.25) is 0 Å². The van der Waals surface area contributed by atoms with Gasteiger partial charge in [0.25, 0.3) is 0 Å². The lowest BCUT2D eigenvalue weighted by molar-refractivity contribution is 0.474. The predicted molar refractivity (Wildman–Crippen MR) is 108 cm³/mol. The first-order chi connectivity index (χ1) is 11.1. The van der Waals surface area contributed by atoms with Crippen LogP contribution in [0.15, 0.2) is 9.79 Å². The van der Waals surface area contributed by atoms with Crippen molar-refractivity contribution in [3.8, 4) is 11.5 Å². The van der Waals surface area contributed by atoms with Crippen LogP contribution in [0.25, 0.3) is 0 Å². The molecule has 0 saturated heterocycles. The molecule has 0 atom stereocenters. The minimum Gasteiger partial charge on any atom is -0.505 e. The van der Waals surface area contributed by atoms with E-state index in [1.807, 2.05) is 0 Å². The van der Waals surface area contributed by atoms with E-state index < -0.39 is 11.5 Å². The Morgan fingerprint density at radius 1 is 0.417 bits per heavy atom. The van der Waals surface area contributed by atoms with Crippen LogP contribution in [-0.4, -0.2) is 10.2 Å². The molecular weight excluding hydrogens is 524 g/mol. The number of phenols is 2. The standard InChI is InChI=1S/C12H2Cl8O2S2/c13-1-3(15)9(21)7(19)11(5(1)17)23-24-12-6(18)2(14)4(16)10(22)8(12)20/h21-22H. The van der Waals surface area contributed by atoms with Crippen LogP contribution in [-0.2, 0) is 0 Å². The van der Waals surface area contributed by atoms with Gasteiger partial charge < -0.3 is 10.2 Å². The van der Waals surface area contributed by atoms with Gasteiger partial charge in [-0.25, -0.2) is 0 Å². The van der Waals surface area contributed by atoms with Crippen molar-refractivity contribution < 1.29 is 10.2 Å². The molecule has 0 spiro atoms. The maximum atomic E-state index is 9.86. The first-order valence-electron chi connectivity index (χ1n) is 5.53. The minimum absolute atomic E-state index is 0.0403. The zero-order chi connectivity index (χ0) is 18.3. The molecule has 2 nitrogen and oxygen atoms in total. The van der Waals surface area contributed by atoms with Gasteiger partial charge in [-0.2, -0.15) is 0 Å². The van der Waals surface area contributed by atoms with Crippen LogP contribution in [0.5, 0.6) is 11.5 Å². The molecule has 2 N–H and O–H groups in total. The molecule has 0 aliphatic heterocycles. The Morgan fingerprint density at radius 2 is 0.708 bits per heavy atom. The van der Waals surface area contributed by atoms with E-state index >= 15 is 0 Å². The van der Waals surface area contributed by atoms with Crippen molar-refractivity contribution in [3.05, 3.63) is 40.2 Å². The first kappa shape index (κ1) is 21.4. The van der Waals surface area contributed by atoms with Gasteiger partial charge in [-0.3, -0.25) is 0 Å². The third-order valence-corrected chi connectivity index (χ3v) is 8.91. The Morgan fingerprint density at radius 3 is 1.00 bits per heavy atom. The molecule has 0 fully saturated rings. The van der Waals surface area contributed by atoms with E-state index in [-0.39, 0.29) is 50.0 Å². The molecule has 130 valence electrons. The second-order valence-electron chi connectivity index (χ2n) is 4.03. The van der Waals surface area contributed by atoms with Gasteiger partial charge in [0, 0.05) is 0 Å². The summed E-state index contributed by atoms with van der Waals surface area (Å²) in [5.41, 5.74) is 0. The van der Waals surface area contributed by atoms with Crippen LogP contribution >= 0.6 is 114 Å². The molecule has 12 heteroatoms. The van der Waals surface area contributed by atoms with Crippen molar-refractivity contribution >= 4 is 114 Å². The topological polar surface area (TPSA) is 40.5 Å². The SMILES string of the molecule is Oc1c(Cl)c(Cl)c(Cl)c(SSc2c(Cl)c(O)c(Cl)c(Cl)c2Cl)c1Cl. The highest BCUT2D eigenvalue weighted by molar-refractivity contribution is 8.76. The monoisotopic (exact) mass is 522 g/mol. The summed E-state index contributed by atoms with van der Waals surface area (Å²) in [6.45, 7) is 0. The molecule has 0 heterocycles. The van der Waals surface area contributed by atoms with E-state index in [9.17, 15) is 10.2 Å². The number of phenolic OH excluding ortho intramolecular Hbond substituents is 2. The summed E-state index contributed by atoms with van der Waals surface area (Å²) >= 11 is 47.8. The summed E-state index contributed by atoms with van der Waals surface area (Å²) < 4.78 is 0. The fourth-order valence-corrected chi connectivity index (χ4v) is 6.70. The molecule has 2 rings (SSSR count). The van der Waals surface area contributed by atoms with Crippen LogP contribution in [0.1, 0.15) is 0 Å². The van der Waals surface area contributed by atoms with Crippen molar-refractivity contribution in [2.24, 2.45) is 0 Å². The van der Waals surface area contributed by atoms with Gasteiger partial charge in [0.05, 0.1) is 39.9 Å². The fourth-order valence-electron chi connectivity index (χ4n) is 1.43. The first-order valence-corrected chi connectivity index (χ1v) is 10.7. The summed E-state index contributed by atoms with van der Waals surface area (Å²) in [6.07, 6.45) is 0. The molecule has 0 radical (unpaired) electrons. The number of aromatic hydroxyl groups is 2. The van der Waals surface area contributed by atoms with E-state index in [4.69, 9.17) is 92.8 Å². The molecule has 24 heavy (non-hydrogen) atoms. The average molecular weight is 526 g/mol. The van der Waals surface area contributed by atoms with E-state index in [0.717, 1.165) is 21.6 Å². The summed E-state index contributed by atoms with van der Waals surface area (Å²) in [7, 11) is 1.97. The smallest absolute Gasteiger partial charge is 0.155 e. The van der Waals surface area contributed by atoms with Crippen LogP contribution < -0.4 is 0 Å². The Kier molecular flexibility index (Phi) is 7.46. The predicted octanol–water partition coefficient (Wildman–Crippen LogP) is 9.12. The van der Waals surface area contributed by atoms with Crippen LogP contribution in [0.3, 0.4) is 0 Å². The van der Waals surface area contributed by atoms with Crippen LogP contribution in [0.4, 0.5) is 0 Å². The number of halogens is 8. The zero-order valence-electron chi connectivity index (χ0n) is 10.7. The molecule has 0 aliphatic carbocycles. The summed E-state index contributed by atoms with van der Waals surface area (Å²) in [5.74, 6) is -0.824. The van der Waals surface area contributed by atoms with Crippen molar-refractivity contribution in [1.29, 1.82) is 0 Å². The molecule has 2 aromatic carbocycles. The summed E-state index contributed by atoms with van der Waals surface area (Å²) in [5, 5.41) is 19.2. The fraction of sp³-hybridized carbons (Fsp3) is 0. The third-order valence-electron chi connectivity index (χ3n) is 2.61. The number of hydrogen-bond donors (Lipinski definition) is 2. The molecule has 0 amide bonds. The number of rotatable bonds is 3. The van der Waals surface area contributed by atoms with Crippen molar-refractivity contribution in [2.75, 3.05) is 0 Å². The van der Waals surface area contributed by atoms with Crippen molar-refractivity contribution in [1.82, 2.24) is 0 Å². The lowest BCUT2D eigenvalue weighted by atomic mass is 10.3. The molecule has 0 unspecified atom stereocenters. The highest BCUT2D eigenvalue weighted by atomic mass is 35.5. The maximum absolute atomic E-state index is 9.86. The second kappa shape index (κ2) is 8.39. The van der Waals surface area contributed by atoms with Gasteiger partial charge in [0.15, 0.2) is 11.5 Å². The molecule has 0 aliphatic rings. The van der Waals surface area contributed by atoms with Gasteiger partial charge in [-0.1, -0.05) is 92.8 Å². The summed E-state index contributed by atoms with van der Waals surface area (Å²) in [4.78, 5) is 0.459. The van der Waals surface area contributed by atoms with Crippen LogP contribution in [0, 0.1) is 0 Å². The molecule has 2 aromatic rings. The van der Waals surface area contributed by atoms with E-state index in [2.05, 4.69) is 0 Å². The Balaban J connectivity index is 2.48. The van der Waals surface area contributed by atoms with Crippen LogP contribution in [0.2, 0.25) is 40.2 Å². The lowest BCUT2D eigenvalue weighted by Crippen LogP contribution is -1.84. The van der Waals surface area contributed by atoms with E-state index in [0.29, 0.717) is 0 Å². The second-order valence-corrected chi connectivity index (χ2v) is 9.21. The Bertz CT molecular complexity index is 715. The third kappa shape index (κ3) is 3.84. The quantitative estimate of drug-likeness (QED) is 0.238. The van der Waals surface area contributed by atoms with Gasteiger partial charge in [0.1, 0.15) is 10.0 Å². The number of benzene rings is 2. The van der Waals surface area contributed by atoms with Gasteiger partial charge in [-0.05, 0) is 21.6 Å². The largest absolute Gasteiger partial charge is 0.505 e. The molecule has 0 saturated carbocycles. The Hall–Kier alpha value is 1.06.